The molecule has 1 N–H and O–H groups in total. The van der Waals surface area contributed by atoms with Gasteiger partial charge < -0.3 is 15.0 Å². The summed E-state index contributed by atoms with van der Waals surface area (Å²) in [5.41, 5.74) is 0.407. The van der Waals surface area contributed by atoms with Crippen molar-refractivity contribution in [2.45, 2.75) is 75.9 Å². The molecule has 0 aliphatic heterocycles. The minimum absolute atomic E-state index is 0.0281. The van der Waals surface area contributed by atoms with Crippen molar-refractivity contribution < 1.29 is 27.7 Å². The van der Waals surface area contributed by atoms with Crippen LogP contribution in [0.4, 0.5) is 11.4 Å². The van der Waals surface area contributed by atoms with Crippen molar-refractivity contribution in [3.05, 3.63) is 92.0 Å². The predicted molar refractivity (Wildman–Crippen MR) is 181 cm³/mol. The fourth-order valence-corrected chi connectivity index (χ4v) is 7.62. The summed E-state index contributed by atoms with van der Waals surface area (Å²) in [5, 5.41) is 15.3. The number of rotatable bonds is 13. The van der Waals surface area contributed by atoms with Crippen molar-refractivity contribution in [1.29, 1.82) is 0 Å². The Morgan fingerprint density at radius 3 is 2.26 bits per heavy atom. The lowest BCUT2D eigenvalue weighted by atomic mass is 9.95. The highest BCUT2D eigenvalue weighted by Gasteiger charge is 2.35. The molecule has 11 nitrogen and oxygen atoms in total. The first-order valence-corrected chi connectivity index (χ1v) is 17.5. The van der Waals surface area contributed by atoms with Crippen molar-refractivity contribution in [1.82, 2.24) is 10.2 Å². The number of carbonyl (C=O) groups excluding carboxylic acids is 2. The molecule has 2 amide bonds. The van der Waals surface area contributed by atoms with Gasteiger partial charge in [-0.15, -0.1) is 0 Å². The third-order valence-electron chi connectivity index (χ3n) is 8.33. The fourth-order valence-electron chi connectivity index (χ4n) is 5.67. The Balaban J connectivity index is 1.78. The van der Waals surface area contributed by atoms with Crippen LogP contribution < -0.4 is 14.4 Å². The number of nitrogens with one attached hydrogen (secondary N) is 1. The number of amides is 2. The van der Waals surface area contributed by atoms with Crippen LogP contribution in [0.15, 0.2) is 65.6 Å². The molecule has 47 heavy (non-hydrogen) atoms. The molecule has 0 heterocycles. The molecule has 0 aromatic heterocycles. The third kappa shape index (κ3) is 8.54. The molecule has 4 rings (SSSR count). The summed E-state index contributed by atoms with van der Waals surface area (Å²) in [6.07, 6.45) is 4.97. The molecule has 252 valence electrons. The van der Waals surface area contributed by atoms with Crippen molar-refractivity contribution >= 4 is 56.4 Å². The van der Waals surface area contributed by atoms with E-state index in [9.17, 15) is 28.1 Å². The largest absolute Gasteiger partial charge is 0.497 e. The number of ether oxygens (including phenoxy) is 1. The Labute approximate surface area is 285 Å². The van der Waals surface area contributed by atoms with Crippen LogP contribution >= 0.6 is 23.2 Å². The molecule has 14 heteroatoms. The zero-order chi connectivity index (χ0) is 34.3. The molecule has 1 aliphatic carbocycles. The smallest absolute Gasteiger partial charge is 0.273 e. The first-order valence-electron chi connectivity index (χ1n) is 15.3. The number of hydrogen-bond acceptors (Lipinski definition) is 7. The Morgan fingerprint density at radius 2 is 1.68 bits per heavy atom. The van der Waals surface area contributed by atoms with Gasteiger partial charge in [0.15, 0.2) is 0 Å². The average molecular weight is 706 g/mol. The number of anilines is 1. The van der Waals surface area contributed by atoms with Crippen LogP contribution in [-0.4, -0.2) is 55.8 Å². The summed E-state index contributed by atoms with van der Waals surface area (Å²) in [4.78, 5) is 40.1. The number of carbonyl (C=O) groups is 2. The number of nitrogens with zero attached hydrogens (tertiary/aromatic N) is 3. The van der Waals surface area contributed by atoms with Gasteiger partial charge in [0.1, 0.15) is 18.3 Å². The highest BCUT2D eigenvalue weighted by molar-refractivity contribution is 7.92. The van der Waals surface area contributed by atoms with E-state index in [4.69, 9.17) is 27.9 Å². The molecule has 3 aromatic carbocycles. The van der Waals surface area contributed by atoms with Crippen molar-refractivity contribution in [3.63, 3.8) is 0 Å². The average Bonchev–Trinajstić information content (AvgIpc) is 3.05. The van der Waals surface area contributed by atoms with Crippen LogP contribution in [0.5, 0.6) is 5.75 Å². The van der Waals surface area contributed by atoms with E-state index in [2.05, 4.69) is 5.32 Å². The predicted octanol–water partition coefficient (Wildman–Crippen LogP) is 6.67. The first kappa shape index (κ1) is 36.0. The number of hydrogen-bond donors (Lipinski definition) is 1. The molecular formula is C33H38Cl2N4O7S. The van der Waals surface area contributed by atoms with Crippen LogP contribution in [0.25, 0.3) is 0 Å². The van der Waals surface area contributed by atoms with E-state index in [1.54, 1.807) is 25.1 Å². The van der Waals surface area contributed by atoms with Gasteiger partial charge in [-0.2, -0.15) is 0 Å². The van der Waals surface area contributed by atoms with Gasteiger partial charge in [0, 0.05) is 39.8 Å². The summed E-state index contributed by atoms with van der Waals surface area (Å²) in [6.45, 7) is 2.37. The van der Waals surface area contributed by atoms with Gasteiger partial charge in [-0.05, 0) is 68.7 Å². The Morgan fingerprint density at radius 1 is 1.04 bits per heavy atom. The van der Waals surface area contributed by atoms with Gasteiger partial charge in [-0.1, -0.05) is 61.5 Å². The molecular weight excluding hydrogens is 667 g/mol. The number of methoxy groups -OCH3 is 1. The second-order valence-electron chi connectivity index (χ2n) is 11.4. The SMILES string of the molecule is CC[C@@H](C(=O)NC1CCCCC1)N(Cc1c(Cl)cccc1Cl)C(=O)CN(c1ccc(OC)cc1)S(=O)(=O)c1ccc(C)c([N+](=O)[O-])c1. The molecule has 1 fully saturated rings. The molecule has 1 saturated carbocycles. The highest BCUT2D eigenvalue weighted by Crippen LogP contribution is 2.31. The van der Waals surface area contributed by atoms with Crippen LogP contribution in [0.2, 0.25) is 10.0 Å². The Hall–Kier alpha value is -3.87. The standard InChI is InChI=1S/C33H38Cl2N4O7S/c1-4-30(33(41)36-23-9-6-5-7-10-23)37(20-27-28(34)11-8-12-29(27)35)32(40)21-38(24-14-16-25(46-3)17-15-24)47(44,45)26-18-13-22(2)31(19-26)39(42)43/h8,11-19,23,30H,4-7,9-10,20-21H2,1-3H3,(H,36,41)/t30-/m0/s1. The van der Waals surface area contributed by atoms with Gasteiger partial charge in [0.25, 0.3) is 15.7 Å². The maximum absolute atomic E-state index is 14.4. The number of halogens is 2. The maximum atomic E-state index is 14.4. The van der Waals surface area contributed by atoms with E-state index in [1.165, 1.54) is 55.3 Å². The minimum Gasteiger partial charge on any atom is -0.497 e. The topological polar surface area (TPSA) is 139 Å². The van der Waals surface area contributed by atoms with E-state index in [-0.39, 0.29) is 56.8 Å². The summed E-state index contributed by atoms with van der Waals surface area (Å²) >= 11 is 13.0. The zero-order valence-electron chi connectivity index (χ0n) is 26.4. The summed E-state index contributed by atoms with van der Waals surface area (Å²) in [5.74, 6) is -0.611. The second kappa shape index (κ2) is 15.8. The lowest BCUT2D eigenvalue weighted by Crippen LogP contribution is -2.54. The molecule has 0 saturated heterocycles. The van der Waals surface area contributed by atoms with Crippen LogP contribution in [0.3, 0.4) is 0 Å². The number of benzene rings is 3. The quantitative estimate of drug-likeness (QED) is 0.155. The summed E-state index contributed by atoms with van der Waals surface area (Å²) in [7, 11) is -3.09. The molecule has 3 aromatic rings. The molecule has 0 unspecified atom stereocenters. The number of aryl methyl sites for hydroxylation is 1. The number of sulfonamides is 1. The number of nitro benzene ring substituents is 1. The van der Waals surface area contributed by atoms with E-state index >= 15 is 0 Å². The van der Waals surface area contributed by atoms with E-state index in [0.29, 0.717) is 11.3 Å². The Bertz CT molecular complexity index is 1690. The minimum atomic E-state index is -4.55. The normalized spacial score (nSPS) is 14.2. The summed E-state index contributed by atoms with van der Waals surface area (Å²) in [6, 6.07) is 13.5. The van der Waals surface area contributed by atoms with Crippen LogP contribution in [-0.2, 0) is 26.2 Å². The lowest BCUT2D eigenvalue weighted by molar-refractivity contribution is -0.385. The lowest BCUT2D eigenvalue weighted by Gasteiger charge is -2.34. The van der Waals surface area contributed by atoms with E-state index in [1.807, 2.05) is 0 Å². The monoisotopic (exact) mass is 704 g/mol. The number of nitro groups is 1. The van der Waals surface area contributed by atoms with Crippen LogP contribution in [0, 0.1) is 17.0 Å². The van der Waals surface area contributed by atoms with E-state index in [0.717, 1.165) is 42.5 Å². The second-order valence-corrected chi connectivity index (χ2v) is 14.1. The van der Waals surface area contributed by atoms with Crippen molar-refractivity contribution in [2.24, 2.45) is 0 Å². The summed E-state index contributed by atoms with van der Waals surface area (Å²) < 4.78 is 34.5. The van der Waals surface area contributed by atoms with Gasteiger partial charge >= 0.3 is 0 Å². The van der Waals surface area contributed by atoms with Gasteiger partial charge in [0.2, 0.25) is 11.8 Å². The fraction of sp³-hybridized carbons (Fsp3) is 0.394. The van der Waals surface area contributed by atoms with Crippen molar-refractivity contribution in [3.8, 4) is 5.75 Å². The third-order valence-corrected chi connectivity index (χ3v) is 10.8. The molecule has 1 atom stereocenters. The molecule has 0 spiro atoms. The van der Waals surface area contributed by atoms with Crippen molar-refractivity contribution in [2.75, 3.05) is 18.0 Å². The zero-order valence-corrected chi connectivity index (χ0v) is 28.8. The first-order chi connectivity index (χ1) is 22.4. The molecule has 0 bridgehead atoms. The Kier molecular flexibility index (Phi) is 12.1. The van der Waals surface area contributed by atoms with Crippen LogP contribution in [0.1, 0.15) is 56.6 Å². The highest BCUT2D eigenvalue weighted by atomic mass is 35.5. The molecule has 0 radical (unpaired) electrons. The van der Waals surface area contributed by atoms with Gasteiger partial charge in [-0.3, -0.25) is 24.0 Å². The van der Waals surface area contributed by atoms with Gasteiger partial charge in [0.05, 0.1) is 22.6 Å². The van der Waals surface area contributed by atoms with E-state index < -0.39 is 33.4 Å². The maximum Gasteiger partial charge on any atom is 0.273 e. The molecule has 1 aliphatic rings. The van der Waals surface area contributed by atoms with Gasteiger partial charge in [-0.25, -0.2) is 8.42 Å².